The second-order valence-electron chi connectivity index (χ2n) is 3.77. The van der Waals surface area contributed by atoms with Gasteiger partial charge in [0.25, 0.3) is 0 Å². The van der Waals surface area contributed by atoms with Crippen molar-refractivity contribution in [2.45, 2.75) is 6.42 Å². The molecule has 0 radical (unpaired) electrons. The van der Waals surface area contributed by atoms with Gasteiger partial charge in [0.2, 0.25) is 0 Å². The Balaban J connectivity index is 1.92. The maximum absolute atomic E-state index is 5.48. The molecule has 1 aromatic carbocycles. The molecular weight excluding hydrogens is 230 g/mol. The van der Waals surface area contributed by atoms with Crippen LogP contribution in [0, 0.1) is 0 Å². The summed E-state index contributed by atoms with van der Waals surface area (Å²) in [6.07, 6.45) is 2.33. The van der Waals surface area contributed by atoms with Crippen molar-refractivity contribution in [3.63, 3.8) is 0 Å². The lowest BCUT2D eigenvalue weighted by atomic mass is 10.1. The quantitative estimate of drug-likeness (QED) is 0.693. The van der Waals surface area contributed by atoms with Crippen molar-refractivity contribution in [1.29, 1.82) is 0 Å². The summed E-state index contributed by atoms with van der Waals surface area (Å²) in [6.45, 7) is 0. The number of aromatic nitrogens is 1. The lowest BCUT2D eigenvalue weighted by molar-refractivity contribution is 0.572. The molecule has 0 amide bonds. The van der Waals surface area contributed by atoms with Crippen LogP contribution in [-0.4, -0.2) is 4.98 Å². The van der Waals surface area contributed by atoms with Gasteiger partial charge in [-0.2, -0.15) is 0 Å². The second-order valence-corrected chi connectivity index (χ2v) is 4.72. The largest absolute Gasteiger partial charge is 0.442 e. The third kappa shape index (κ3) is 2.15. The van der Waals surface area contributed by atoms with Gasteiger partial charge in [-0.1, -0.05) is 36.4 Å². The SMILES string of the molecule is c1ccc(Cc2ncoc2-c2cccs2)cc1. The maximum atomic E-state index is 5.48. The molecule has 0 N–H and O–H groups in total. The fraction of sp³-hybridized carbons (Fsp3) is 0.0714. The molecule has 3 heteroatoms. The third-order valence-corrected chi connectivity index (χ3v) is 3.47. The highest BCUT2D eigenvalue weighted by molar-refractivity contribution is 7.13. The van der Waals surface area contributed by atoms with Crippen molar-refractivity contribution in [1.82, 2.24) is 4.98 Å². The zero-order valence-electron chi connectivity index (χ0n) is 9.17. The highest BCUT2D eigenvalue weighted by atomic mass is 32.1. The molecule has 0 fully saturated rings. The van der Waals surface area contributed by atoms with Gasteiger partial charge < -0.3 is 4.42 Å². The van der Waals surface area contributed by atoms with Crippen molar-refractivity contribution >= 4 is 11.3 Å². The van der Waals surface area contributed by atoms with E-state index in [0.717, 1.165) is 22.8 Å². The fourth-order valence-corrected chi connectivity index (χ4v) is 2.53. The normalized spacial score (nSPS) is 10.6. The van der Waals surface area contributed by atoms with Crippen LogP contribution in [0.15, 0.2) is 58.7 Å². The zero-order valence-corrected chi connectivity index (χ0v) is 9.98. The minimum Gasteiger partial charge on any atom is -0.442 e. The van der Waals surface area contributed by atoms with E-state index in [1.807, 2.05) is 29.6 Å². The van der Waals surface area contributed by atoms with E-state index in [1.165, 1.54) is 12.0 Å². The first-order valence-corrected chi connectivity index (χ1v) is 6.31. The minimum atomic E-state index is 0.810. The smallest absolute Gasteiger partial charge is 0.181 e. The lowest BCUT2D eigenvalue weighted by Gasteiger charge is -1.99. The van der Waals surface area contributed by atoms with Crippen LogP contribution in [-0.2, 0) is 6.42 Å². The van der Waals surface area contributed by atoms with E-state index in [-0.39, 0.29) is 0 Å². The van der Waals surface area contributed by atoms with E-state index in [9.17, 15) is 0 Å². The van der Waals surface area contributed by atoms with E-state index in [4.69, 9.17) is 4.42 Å². The highest BCUT2D eigenvalue weighted by Crippen LogP contribution is 2.28. The number of thiophene rings is 1. The summed E-state index contributed by atoms with van der Waals surface area (Å²) < 4.78 is 5.48. The number of hydrogen-bond acceptors (Lipinski definition) is 3. The molecule has 3 rings (SSSR count). The Labute approximate surface area is 104 Å². The molecule has 0 unspecified atom stereocenters. The van der Waals surface area contributed by atoms with Crippen LogP contribution >= 0.6 is 11.3 Å². The van der Waals surface area contributed by atoms with Gasteiger partial charge in [0, 0.05) is 6.42 Å². The number of oxazole rings is 1. The summed E-state index contributed by atoms with van der Waals surface area (Å²) in [4.78, 5) is 5.44. The monoisotopic (exact) mass is 241 g/mol. The molecule has 0 aliphatic rings. The summed E-state index contributed by atoms with van der Waals surface area (Å²) in [5.41, 5.74) is 2.25. The average Bonchev–Trinajstić information content (AvgIpc) is 3.00. The molecule has 0 aliphatic heterocycles. The molecular formula is C14H11NOS. The number of hydrogen-bond donors (Lipinski definition) is 0. The Hall–Kier alpha value is -1.87. The molecule has 0 atom stereocenters. The first-order valence-electron chi connectivity index (χ1n) is 5.43. The molecule has 0 bridgehead atoms. The minimum absolute atomic E-state index is 0.810. The van der Waals surface area contributed by atoms with Crippen LogP contribution in [0.3, 0.4) is 0 Å². The molecule has 84 valence electrons. The molecule has 2 heterocycles. The lowest BCUT2D eigenvalue weighted by Crippen LogP contribution is -1.89. The highest BCUT2D eigenvalue weighted by Gasteiger charge is 2.11. The van der Waals surface area contributed by atoms with Crippen LogP contribution in [0.25, 0.3) is 10.6 Å². The Morgan fingerprint density at radius 2 is 1.94 bits per heavy atom. The van der Waals surface area contributed by atoms with E-state index in [1.54, 1.807) is 11.3 Å². The van der Waals surface area contributed by atoms with Gasteiger partial charge in [-0.15, -0.1) is 11.3 Å². The number of nitrogens with zero attached hydrogens (tertiary/aromatic N) is 1. The van der Waals surface area contributed by atoms with Crippen molar-refractivity contribution in [2.75, 3.05) is 0 Å². The first kappa shape index (κ1) is 10.3. The van der Waals surface area contributed by atoms with Gasteiger partial charge in [0.15, 0.2) is 12.2 Å². The Morgan fingerprint density at radius 3 is 2.71 bits per heavy atom. The van der Waals surface area contributed by atoms with Crippen LogP contribution in [0.5, 0.6) is 0 Å². The van der Waals surface area contributed by atoms with Crippen molar-refractivity contribution in [3.05, 3.63) is 65.5 Å². The van der Waals surface area contributed by atoms with Gasteiger partial charge in [-0.05, 0) is 17.0 Å². The fourth-order valence-electron chi connectivity index (χ4n) is 1.79. The van der Waals surface area contributed by atoms with Crippen LogP contribution < -0.4 is 0 Å². The summed E-state index contributed by atoms with van der Waals surface area (Å²) in [5, 5.41) is 2.05. The van der Waals surface area contributed by atoms with E-state index in [2.05, 4.69) is 23.2 Å². The molecule has 3 aromatic rings. The van der Waals surface area contributed by atoms with Gasteiger partial charge in [0.05, 0.1) is 10.6 Å². The second kappa shape index (κ2) is 4.55. The molecule has 0 saturated carbocycles. The standard InChI is InChI=1S/C14H11NOS/c1-2-5-11(6-3-1)9-12-14(16-10-15-12)13-7-4-8-17-13/h1-8,10H,9H2. The number of rotatable bonds is 3. The molecule has 0 spiro atoms. The molecule has 17 heavy (non-hydrogen) atoms. The molecule has 0 aliphatic carbocycles. The summed E-state index contributed by atoms with van der Waals surface area (Å²) in [5.74, 6) is 0.892. The van der Waals surface area contributed by atoms with E-state index < -0.39 is 0 Å². The van der Waals surface area contributed by atoms with E-state index >= 15 is 0 Å². The zero-order chi connectivity index (χ0) is 11.5. The Bertz CT molecular complexity index is 584. The summed E-state index contributed by atoms with van der Waals surface area (Å²) >= 11 is 1.67. The Morgan fingerprint density at radius 1 is 1.06 bits per heavy atom. The first-order chi connectivity index (χ1) is 8.43. The molecule has 0 saturated heterocycles. The van der Waals surface area contributed by atoms with Gasteiger partial charge in [0.1, 0.15) is 0 Å². The molecule has 2 aromatic heterocycles. The van der Waals surface area contributed by atoms with Crippen LogP contribution in [0.1, 0.15) is 11.3 Å². The summed E-state index contributed by atoms with van der Waals surface area (Å²) in [6, 6.07) is 14.4. The topological polar surface area (TPSA) is 26.0 Å². The third-order valence-electron chi connectivity index (χ3n) is 2.60. The van der Waals surface area contributed by atoms with Crippen LogP contribution in [0.2, 0.25) is 0 Å². The average molecular weight is 241 g/mol. The van der Waals surface area contributed by atoms with Crippen molar-refractivity contribution in [2.24, 2.45) is 0 Å². The van der Waals surface area contributed by atoms with Gasteiger partial charge in [-0.3, -0.25) is 0 Å². The van der Waals surface area contributed by atoms with E-state index in [0.29, 0.717) is 0 Å². The summed E-state index contributed by atoms with van der Waals surface area (Å²) in [7, 11) is 0. The van der Waals surface area contributed by atoms with Crippen molar-refractivity contribution in [3.8, 4) is 10.6 Å². The van der Waals surface area contributed by atoms with Gasteiger partial charge in [-0.25, -0.2) is 4.98 Å². The molecule has 2 nitrogen and oxygen atoms in total. The Kier molecular flexibility index (Phi) is 2.76. The van der Waals surface area contributed by atoms with Crippen molar-refractivity contribution < 1.29 is 4.42 Å². The van der Waals surface area contributed by atoms with Gasteiger partial charge >= 0.3 is 0 Å². The predicted octanol–water partition coefficient (Wildman–Crippen LogP) is 3.99. The maximum Gasteiger partial charge on any atom is 0.181 e. The number of benzene rings is 1. The predicted molar refractivity (Wildman–Crippen MR) is 69.1 cm³/mol. The van der Waals surface area contributed by atoms with Crippen LogP contribution in [0.4, 0.5) is 0 Å².